The third kappa shape index (κ3) is 4.32. The molecule has 0 saturated carbocycles. The molecule has 1 heterocycles. The zero-order valence-electron chi connectivity index (χ0n) is 18.0. The summed E-state index contributed by atoms with van der Waals surface area (Å²) in [5, 5.41) is 10.5. The topological polar surface area (TPSA) is 46.5 Å². The van der Waals surface area contributed by atoms with E-state index >= 15 is 0 Å². The van der Waals surface area contributed by atoms with Crippen LogP contribution in [-0.4, -0.2) is 11.1 Å². The van der Waals surface area contributed by atoms with Gasteiger partial charge in [-0.05, 0) is 88.2 Å². The molecule has 0 unspecified atom stereocenters. The SMILES string of the molecule is CC1=C(CC(=O)O)c2cc(F)ccc2/C1=C\c1ccc(OCc2cc3ccccc3s2)cc1. The Morgan fingerprint density at radius 1 is 1.03 bits per heavy atom. The number of halogens is 1. The van der Waals surface area contributed by atoms with Crippen molar-refractivity contribution >= 4 is 44.6 Å². The van der Waals surface area contributed by atoms with E-state index in [0.717, 1.165) is 28.0 Å². The van der Waals surface area contributed by atoms with E-state index in [-0.39, 0.29) is 12.2 Å². The molecular weight excluding hydrogens is 435 g/mol. The molecule has 164 valence electrons. The maximum atomic E-state index is 13.9. The highest BCUT2D eigenvalue weighted by molar-refractivity contribution is 7.19. The Labute approximate surface area is 195 Å². The molecule has 3 nitrogen and oxygen atoms in total. The fourth-order valence-corrected chi connectivity index (χ4v) is 5.20. The highest BCUT2D eigenvalue weighted by Crippen LogP contribution is 2.43. The molecule has 0 spiro atoms. The second-order valence-electron chi connectivity index (χ2n) is 8.03. The standard InChI is InChI=1S/C28H21FO3S/c1-17-24(23-11-8-20(29)14-26(23)25(17)15-28(30)31)12-18-6-9-21(10-7-18)32-16-22-13-19-4-2-3-5-27(19)33-22/h2-14H,15-16H2,1H3,(H,30,31)/b24-12-. The lowest BCUT2D eigenvalue weighted by Gasteiger charge is -2.07. The Balaban J connectivity index is 1.37. The minimum Gasteiger partial charge on any atom is -0.488 e. The van der Waals surface area contributed by atoms with Crippen LogP contribution in [0.1, 0.15) is 34.9 Å². The van der Waals surface area contributed by atoms with Crippen LogP contribution in [0.3, 0.4) is 0 Å². The molecule has 1 aliphatic carbocycles. The predicted octanol–water partition coefficient (Wildman–Crippen LogP) is 7.42. The molecule has 0 amide bonds. The van der Waals surface area contributed by atoms with E-state index in [1.54, 1.807) is 17.4 Å². The summed E-state index contributed by atoms with van der Waals surface area (Å²) >= 11 is 1.73. The van der Waals surface area contributed by atoms with Crippen LogP contribution < -0.4 is 4.74 Å². The van der Waals surface area contributed by atoms with Crippen LogP contribution in [0.4, 0.5) is 4.39 Å². The normalized spacial score (nSPS) is 14.2. The van der Waals surface area contributed by atoms with Crippen molar-refractivity contribution in [2.45, 2.75) is 20.0 Å². The molecule has 5 rings (SSSR count). The zero-order chi connectivity index (χ0) is 22.9. The highest BCUT2D eigenvalue weighted by Gasteiger charge is 2.25. The van der Waals surface area contributed by atoms with E-state index in [9.17, 15) is 14.3 Å². The summed E-state index contributed by atoms with van der Waals surface area (Å²) in [4.78, 5) is 12.5. The quantitative estimate of drug-likeness (QED) is 0.328. The average molecular weight is 457 g/mol. The number of hydrogen-bond donors (Lipinski definition) is 1. The van der Waals surface area contributed by atoms with Gasteiger partial charge < -0.3 is 9.84 Å². The second kappa shape index (κ2) is 8.68. The maximum absolute atomic E-state index is 13.9. The molecule has 3 aromatic carbocycles. The molecule has 0 fully saturated rings. The number of aliphatic carboxylic acids is 1. The lowest BCUT2D eigenvalue weighted by Crippen LogP contribution is -1.97. The fourth-order valence-electron chi connectivity index (χ4n) is 4.22. The van der Waals surface area contributed by atoms with Gasteiger partial charge in [0.25, 0.3) is 0 Å². The molecule has 1 aromatic heterocycles. The molecule has 1 N–H and O–H groups in total. The van der Waals surface area contributed by atoms with Gasteiger partial charge in [0.1, 0.15) is 18.2 Å². The van der Waals surface area contributed by atoms with Crippen LogP contribution in [0.25, 0.3) is 27.3 Å². The van der Waals surface area contributed by atoms with Crippen LogP contribution in [0.15, 0.2) is 78.4 Å². The third-order valence-electron chi connectivity index (χ3n) is 5.83. The predicted molar refractivity (Wildman–Crippen MR) is 132 cm³/mol. The van der Waals surface area contributed by atoms with Crippen molar-refractivity contribution < 1.29 is 19.0 Å². The van der Waals surface area contributed by atoms with Crippen molar-refractivity contribution in [3.05, 3.63) is 106 Å². The molecular formula is C28H21FO3S. The first-order valence-electron chi connectivity index (χ1n) is 10.6. The van der Waals surface area contributed by atoms with Gasteiger partial charge in [0.05, 0.1) is 6.42 Å². The van der Waals surface area contributed by atoms with E-state index in [0.29, 0.717) is 17.7 Å². The zero-order valence-corrected chi connectivity index (χ0v) is 18.8. The van der Waals surface area contributed by atoms with Gasteiger partial charge in [0, 0.05) is 9.58 Å². The number of hydrogen-bond acceptors (Lipinski definition) is 3. The number of benzene rings is 3. The smallest absolute Gasteiger partial charge is 0.307 e. The van der Waals surface area contributed by atoms with Gasteiger partial charge >= 0.3 is 5.97 Å². The van der Waals surface area contributed by atoms with Gasteiger partial charge in [0.15, 0.2) is 0 Å². The summed E-state index contributed by atoms with van der Waals surface area (Å²) in [5.41, 5.74) is 4.92. The van der Waals surface area contributed by atoms with E-state index in [2.05, 4.69) is 18.2 Å². The Hall–Kier alpha value is -3.70. The fraction of sp³-hybridized carbons (Fsp3) is 0.107. The molecule has 0 aliphatic heterocycles. The largest absolute Gasteiger partial charge is 0.488 e. The summed E-state index contributed by atoms with van der Waals surface area (Å²) in [6.45, 7) is 2.41. The first kappa shape index (κ1) is 21.2. The van der Waals surface area contributed by atoms with Crippen molar-refractivity contribution in [1.29, 1.82) is 0 Å². The number of rotatable bonds is 6. The monoisotopic (exact) mass is 456 g/mol. The first-order chi connectivity index (χ1) is 16.0. The molecule has 0 bridgehead atoms. The van der Waals surface area contributed by atoms with Crippen LogP contribution in [0, 0.1) is 5.82 Å². The van der Waals surface area contributed by atoms with Crippen LogP contribution in [0.5, 0.6) is 5.75 Å². The van der Waals surface area contributed by atoms with Crippen LogP contribution in [-0.2, 0) is 11.4 Å². The molecule has 5 heteroatoms. The molecule has 4 aromatic rings. The van der Waals surface area contributed by atoms with Gasteiger partial charge in [-0.25, -0.2) is 4.39 Å². The Bertz CT molecular complexity index is 1390. The first-order valence-corrected chi connectivity index (χ1v) is 11.4. The van der Waals surface area contributed by atoms with Crippen LogP contribution >= 0.6 is 11.3 Å². The van der Waals surface area contributed by atoms with Gasteiger partial charge in [-0.15, -0.1) is 11.3 Å². The second-order valence-corrected chi connectivity index (χ2v) is 9.20. The third-order valence-corrected chi connectivity index (χ3v) is 6.92. The number of carboxylic acid groups (broad SMARTS) is 1. The lowest BCUT2D eigenvalue weighted by atomic mass is 10.0. The number of carbonyl (C=O) groups is 1. The Morgan fingerprint density at radius 3 is 2.58 bits per heavy atom. The number of carboxylic acids is 1. The van der Waals surface area contributed by atoms with E-state index in [1.165, 1.54) is 27.1 Å². The Morgan fingerprint density at radius 2 is 1.82 bits per heavy atom. The van der Waals surface area contributed by atoms with E-state index in [1.807, 2.05) is 49.4 Å². The van der Waals surface area contributed by atoms with Crippen molar-refractivity contribution in [3.63, 3.8) is 0 Å². The lowest BCUT2D eigenvalue weighted by molar-refractivity contribution is -0.135. The highest BCUT2D eigenvalue weighted by atomic mass is 32.1. The Kier molecular flexibility index (Phi) is 5.56. The van der Waals surface area contributed by atoms with Gasteiger partial charge in [-0.3, -0.25) is 4.79 Å². The van der Waals surface area contributed by atoms with Crippen molar-refractivity contribution in [2.75, 3.05) is 0 Å². The summed E-state index contributed by atoms with van der Waals surface area (Å²) in [6, 6.07) is 22.8. The molecule has 0 saturated heterocycles. The summed E-state index contributed by atoms with van der Waals surface area (Å²) in [5.74, 6) is -0.519. The summed E-state index contributed by atoms with van der Waals surface area (Å²) < 4.78 is 21.1. The van der Waals surface area contributed by atoms with Crippen molar-refractivity contribution in [1.82, 2.24) is 0 Å². The van der Waals surface area contributed by atoms with Crippen molar-refractivity contribution in [2.24, 2.45) is 0 Å². The van der Waals surface area contributed by atoms with Gasteiger partial charge in [0.2, 0.25) is 0 Å². The number of ether oxygens (including phenoxy) is 1. The summed E-state index contributed by atoms with van der Waals surface area (Å²) in [7, 11) is 0. The van der Waals surface area contributed by atoms with Crippen molar-refractivity contribution in [3.8, 4) is 5.75 Å². The minimum atomic E-state index is -0.930. The van der Waals surface area contributed by atoms with Gasteiger partial charge in [-0.1, -0.05) is 36.4 Å². The summed E-state index contributed by atoms with van der Waals surface area (Å²) in [6.07, 6.45) is 1.88. The molecule has 33 heavy (non-hydrogen) atoms. The minimum absolute atomic E-state index is 0.135. The molecule has 0 radical (unpaired) electrons. The van der Waals surface area contributed by atoms with E-state index in [4.69, 9.17) is 4.74 Å². The van der Waals surface area contributed by atoms with Gasteiger partial charge in [-0.2, -0.15) is 0 Å². The maximum Gasteiger partial charge on any atom is 0.307 e. The van der Waals surface area contributed by atoms with E-state index < -0.39 is 5.97 Å². The molecule has 0 atom stereocenters. The number of fused-ring (bicyclic) bond motifs is 2. The molecule has 1 aliphatic rings. The van der Waals surface area contributed by atoms with Crippen LogP contribution in [0.2, 0.25) is 0 Å². The number of thiophene rings is 1. The number of allylic oxidation sites excluding steroid dienone is 2. The average Bonchev–Trinajstić information content (AvgIpc) is 3.33.